The van der Waals surface area contributed by atoms with E-state index in [1.165, 1.54) is 18.3 Å². The normalized spacial score (nSPS) is 15.9. The molecule has 1 fully saturated rings. The van der Waals surface area contributed by atoms with Crippen LogP contribution >= 0.6 is 0 Å². The first-order valence-corrected chi connectivity index (χ1v) is 7.22. The smallest absolute Gasteiger partial charge is 0.475 e. The zero-order valence-corrected chi connectivity index (χ0v) is 14.0. The predicted octanol–water partition coefficient (Wildman–Crippen LogP) is 2.00. The van der Waals surface area contributed by atoms with Crippen LogP contribution in [-0.2, 0) is 9.59 Å². The molecular weight excluding hydrogens is 424 g/mol. The summed E-state index contributed by atoms with van der Waals surface area (Å²) in [6.45, 7) is 1.75. The van der Waals surface area contributed by atoms with Gasteiger partial charge in [0, 0.05) is 18.7 Å². The van der Waals surface area contributed by atoms with Crippen molar-refractivity contribution in [2.24, 2.45) is 0 Å². The molecule has 3 N–H and O–H groups in total. The molecule has 0 aromatic carbocycles. The highest BCUT2D eigenvalue weighted by Crippen LogP contribution is 2.16. The average molecular weight is 437 g/mol. The zero-order chi connectivity index (χ0) is 22.8. The van der Waals surface area contributed by atoms with Crippen molar-refractivity contribution >= 4 is 17.6 Å². The number of carboxylic acid groups (broad SMARTS) is 2. The number of aromatic nitrogens is 1. The molecule has 0 amide bonds. The van der Waals surface area contributed by atoms with Crippen LogP contribution in [0.15, 0.2) is 18.3 Å². The second-order valence-electron chi connectivity index (χ2n) is 4.95. The van der Waals surface area contributed by atoms with Crippen molar-refractivity contribution in [1.82, 2.24) is 10.3 Å². The second-order valence-corrected chi connectivity index (χ2v) is 4.95. The molecule has 1 atom stereocenters. The summed E-state index contributed by atoms with van der Waals surface area (Å²) in [5, 5.41) is 27.8. The van der Waals surface area contributed by atoms with Gasteiger partial charge in [-0.1, -0.05) is 0 Å². The number of halogens is 6. The Bertz CT molecular complexity index is 664. The maximum Gasteiger partial charge on any atom is 0.490 e. The summed E-state index contributed by atoms with van der Waals surface area (Å²) in [5.41, 5.74) is -0.0214. The van der Waals surface area contributed by atoms with E-state index in [1.54, 1.807) is 0 Å². The van der Waals surface area contributed by atoms with E-state index in [1.807, 2.05) is 0 Å². The van der Waals surface area contributed by atoms with Crippen LogP contribution in [0.25, 0.3) is 0 Å². The molecule has 29 heavy (non-hydrogen) atoms. The summed E-state index contributed by atoms with van der Waals surface area (Å²) in [6, 6.07) is 2.92. The summed E-state index contributed by atoms with van der Waals surface area (Å²) >= 11 is 0. The van der Waals surface area contributed by atoms with E-state index in [2.05, 4.69) is 10.3 Å². The first-order valence-electron chi connectivity index (χ1n) is 7.22. The number of nitrogens with zero attached hydrogens (tertiary/aromatic N) is 2. The van der Waals surface area contributed by atoms with Crippen LogP contribution in [0.4, 0.5) is 32.0 Å². The Hall–Kier alpha value is -3.17. The first kappa shape index (κ1) is 25.8. The van der Waals surface area contributed by atoms with Gasteiger partial charge in [0.2, 0.25) is 5.88 Å². The molecule has 0 saturated carbocycles. The Morgan fingerprint density at radius 1 is 1.14 bits per heavy atom. The minimum atomic E-state index is -5.08. The van der Waals surface area contributed by atoms with Crippen molar-refractivity contribution < 1.29 is 55.8 Å². The summed E-state index contributed by atoms with van der Waals surface area (Å²) < 4.78 is 69.0. The van der Waals surface area contributed by atoms with E-state index in [4.69, 9.17) is 24.5 Å². The Labute approximate surface area is 157 Å². The molecule has 1 aromatic heterocycles. The fraction of sp³-hybridized carbons (Fsp3) is 0.462. The molecule has 2 heterocycles. The number of pyridine rings is 1. The van der Waals surface area contributed by atoms with Crippen molar-refractivity contribution in [2.75, 3.05) is 13.1 Å². The molecule has 1 aliphatic rings. The quantitative estimate of drug-likeness (QED) is 0.366. The van der Waals surface area contributed by atoms with Gasteiger partial charge in [0.15, 0.2) is 0 Å². The Morgan fingerprint density at radius 3 is 1.90 bits per heavy atom. The third-order valence-electron chi connectivity index (χ3n) is 2.72. The third-order valence-corrected chi connectivity index (χ3v) is 2.72. The fourth-order valence-corrected chi connectivity index (χ4v) is 1.45. The van der Waals surface area contributed by atoms with Crippen LogP contribution in [0, 0.1) is 10.1 Å². The van der Waals surface area contributed by atoms with Gasteiger partial charge in [0.1, 0.15) is 12.3 Å². The average Bonchev–Trinajstić information content (AvgIpc) is 3.07. The van der Waals surface area contributed by atoms with E-state index >= 15 is 0 Å². The highest BCUT2D eigenvalue weighted by atomic mass is 19.4. The largest absolute Gasteiger partial charge is 0.490 e. The number of ether oxygens (including phenoxy) is 1. The van der Waals surface area contributed by atoms with Gasteiger partial charge < -0.3 is 20.3 Å². The van der Waals surface area contributed by atoms with Gasteiger partial charge in [-0.05, 0) is 13.0 Å². The van der Waals surface area contributed by atoms with Crippen molar-refractivity contribution in [1.29, 1.82) is 0 Å². The number of alkyl halides is 6. The monoisotopic (exact) mass is 437 g/mol. The number of carbonyl (C=O) groups is 2. The van der Waals surface area contributed by atoms with Gasteiger partial charge in [-0.25, -0.2) is 14.6 Å². The van der Waals surface area contributed by atoms with Crippen molar-refractivity contribution in [3.05, 3.63) is 28.4 Å². The Balaban J connectivity index is 0.000000473. The molecule has 0 radical (unpaired) electrons. The number of nitrogens with one attached hydrogen (secondary N) is 1. The van der Waals surface area contributed by atoms with Gasteiger partial charge >= 0.3 is 24.3 Å². The fourth-order valence-electron chi connectivity index (χ4n) is 1.45. The second kappa shape index (κ2) is 11.0. The van der Waals surface area contributed by atoms with E-state index in [-0.39, 0.29) is 11.8 Å². The van der Waals surface area contributed by atoms with Crippen LogP contribution in [0.3, 0.4) is 0 Å². The molecule has 1 aromatic rings. The third kappa shape index (κ3) is 11.3. The number of rotatable bonds is 3. The van der Waals surface area contributed by atoms with Crippen LogP contribution in [0.5, 0.6) is 5.88 Å². The summed E-state index contributed by atoms with van der Waals surface area (Å²) in [7, 11) is 0. The molecule has 0 spiro atoms. The van der Waals surface area contributed by atoms with Gasteiger partial charge in [-0.15, -0.1) is 0 Å². The predicted molar refractivity (Wildman–Crippen MR) is 80.2 cm³/mol. The highest BCUT2D eigenvalue weighted by Gasteiger charge is 2.38. The maximum atomic E-state index is 10.6. The maximum absolute atomic E-state index is 10.6. The van der Waals surface area contributed by atoms with Crippen molar-refractivity contribution in [3.8, 4) is 5.88 Å². The molecule has 2 rings (SSSR count). The summed E-state index contributed by atoms with van der Waals surface area (Å²) in [5.74, 6) is -5.07. The molecule has 16 heteroatoms. The SMILES string of the molecule is O=C(O)C(F)(F)F.O=C(O)C(F)(F)F.O=[N+]([O-])c1ccc(O[C@H]2CCNC2)nc1. The number of hydrogen-bond donors (Lipinski definition) is 3. The molecule has 1 saturated heterocycles. The highest BCUT2D eigenvalue weighted by molar-refractivity contribution is 5.73. The zero-order valence-electron chi connectivity index (χ0n) is 14.0. The minimum absolute atomic E-state index is 0.0214. The summed E-state index contributed by atoms with van der Waals surface area (Å²) in [6.07, 6.45) is -7.89. The van der Waals surface area contributed by atoms with E-state index < -0.39 is 29.2 Å². The molecule has 0 bridgehead atoms. The van der Waals surface area contributed by atoms with Gasteiger partial charge in [-0.3, -0.25) is 10.1 Å². The lowest BCUT2D eigenvalue weighted by Crippen LogP contribution is -2.21. The van der Waals surface area contributed by atoms with E-state index in [0.717, 1.165) is 19.5 Å². The minimum Gasteiger partial charge on any atom is -0.475 e. The van der Waals surface area contributed by atoms with Gasteiger partial charge in [-0.2, -0.15) is 26.3 Å². The molecule has 0 unspecified atom stereocenters. The number of carboxylic acids is 2. The lowest BCUT2D eigenvalue weighted by Gasteiger charge is -2.10. The Morgan fingerprint density at radius 2 is 1.62 bits per heavy atom. The van der Waals surface area contributed by atoms with E-state index in [0.29, 0.717) is 5.88 Å². The van der Waals surface area contributed by atoms with Crippen molar-refractivity contribution in [3.63, 3.8) is 0 Å². The molecule has 164 valence electrons. The number of aliphatic carboxylic acids is 2. The van der Waals surface area contributed by atoms with Crippen LogP contribution in [0.1, 0.15) is 6.42 Å². The van der Waals surface area contributed by atoms with Crippen molar-refractivity contribution in [2.45, 2.75) is 24.9 Å². The standard InChI is InChI=1S/C9H11N3O3.2C2HF3O2/c13-12(14)7-1-2-9(11-5-7)15-8-3-4-10-6-8;2*3-2(4,5)1(6)7/h1-2,5,8,10H,3-4,6H2;2*(H,6,7)/t8-;;/m0../s1. The number of hydrogen-bond acceptors (Lipinski definition) is 7. The number of nitro groups is 1. The molecule has 0 aliphatic carbocycles. The topological polar surface area (TPSA) is 152 Å². The van der Waals surface area contributed by atoms with Crippen LogP contribution in [0.2, 0.25) is 0 Å². The molecule has 1 aliphatic heterocycles. The Kier molecular flexibility index (Phi) is 9.78. The first-order chi connectivity index (χ1) is 13.1. The lowest BCUT2D eigenvalue weighted by molar-refractivity contribution is -0.385. The van der Waals surface area contributed by atoms with Crippen LogP contribution in [-0.4, -0.2) is 63.6 Å². The summed E-state index contributed by atoms with van der Waals surface area (Å²) in [4.78, 5) is 31.6. The lowest BCUT2D eigenvalue weighted by atomic mass is 10.3. The van der Waals surface area contributed by atoms with Gasteiger partial charge in [0.05, 0.1) is 4.92 Å². The molecule has 10 nitrogen and oxygen atoms in total. The van der Waals surface area contributed by atoms with Gasteiger partial charge in [0.25, 0.3) is 5.69 Å². The van der Waals surface area contributed by atoms with E-state index in [9.17, 15) is 36.5 Å². The van der Waals surface area contributed by atoms with Crippen LogP contribution < -0.4 is 10.1 Å². The molecular formula is C13H13F6N3O7.